The Balaban J connectivity index is 2.27. The summed E-state index contributed by atoms with van der Waals surface area (Å²) in [6.45, 7) is 0. The molecular formula is C12H7N3S. The largest absolute Gasteiger partial charge is 0.375 e. The van der Waals surface area contributed by atoms with Crippen molar-refractivity contribution in [1.29, 1.82) is 5.26 Å². The van der Waals surface area contributed by atoms with Gasteiger partial charge in [-0.3, -0.25) is 0 Å². The highest BCUT2D eigenvalue weighted by atomic mass is 32.1. The second-order valence-electron chi connectivity index (χ2n) is 3.01. The summed E-state index contributed by atoms with van der Waals surface area (Å²) >= 11 is 1.36. The Morgan fingerprint density at radius 2 is 2.06 bits per heavy atom. The summed E-state index contributed by atoms with van der Waals surface area (Å²) in [6.07, 6.45) is 0. The van der Waals surface area contributed by atoms with Gasteiger partial charge in [0.15, 0.2) is 5.13 Å². The van der Waals surface area contributed by atoms with E-state index in [0.717, 1.165) is 5.56 Å². The minimum atomic E-state index is 0.509. The molecule has 0 aliphatic rings. The van der Waals surface area contributed by atoms with Crippen LogP contribution in [0.15, 0.2) is 29.6 Å². The number of nitrogens with two attached hydrogens (primary N) is 1. The molecule has 1 aromatic heterocycles. The van der Waals surface area contributed by atoms with Gasteiger partial charge < -0.3 is 5.73 Å². The maximum Gasteiger partial charge on any atom is 0.181 e. The number of aromatic nitrogens is 1. The fraction of sp³-hybridized carbons (Fsp3) is 0. The van der Waals surface area contributed by atoms with Crippen LogP contribution in [0.2, 0.25) is 0 Å². The zero-order valence-corrected chi connectivity index (χ0v) is 9.08. The maximum absolute atomic E-state index is 8.73. The van der Waals surface area contributed by atoms with Crippen molar-refractivity contribution in [3.05, 3.63) is 46.5 Å². The Kier molecular flexibility index (Phi) is 2.86. The number of hydrogen-bond acceptors (Lipinski definition) is 4. The predicted octanol–water partition coefficient (Wildman–Crippen LogP) is 2.00. The first-order valence-corrected chi connectivity index (χ1v) is 5.39. The van der Waals surface area contributed by atoms with E-state index in [1.54, 1.807) is 23.6 Å². The average molecular weight is 225 g/mol. The van der Waals surface area contributed by atoms with Crippen molar-refractivity contribution in [1.82, 2.24) is 4.98 Å². The van der Waals surface area contributed by atoms with Crippen molar-refractivity contribution in [2.75, 3.05) is 5.73 Å². The number of nitrogens with zero attached hydrogens (tertiary/aromatic N) is 2. The summed E-state index contributed by atoms with van der Waals surface area (Å²) in [5.41, 5.74) is 7.55. The molecule has 0 bridgehead atoms. The van der Waals surface area contributed by atoms with Crippen LogP contribution in [0.1, 0.15) is 16.8 Å². The maximum atomic E-state index is 8.73. The highest BCUT2D eigenvalue weighted by Crippen LogP contribution is 2.10. The zero-order chi connectivity index (χ0) is 11.4. The van der Waals surface area contributed by atoms with Crippen LogP contribution in [0, 0.1) is 23.2 Å². The molecule has 2 rings (SSSR count). The van der Waals surface area contributed by atoms with Crippen molar-refractivity contribution in [2.24, 2.45) is 0 Å². The first kappa shape index (κ1) is 10.2. The van der Waals surface area contributed by atoms with Crippen LogP contribution in [-0.4, -0.2) is 4.98 Å². The number of benzene rings is 1. The van der Waals surface area contributed by atoms with Gasteiger partial charge in [0.05, 0.1) is 11.6 Å². The Hall–Kier alpha value is -2.30. The van der Waals surface area contributed by atoms with Gasteiger partial charge in [0, 0.05) is 10.9 Å². The minimum Gasteiger partial charge on any atom is -0.375 e. The van der Waals surface area contributed by atoms with E-state index in [-0.39, 0.29) is 0 Å². The number of thiazole rings is 1. The normalized spacial score (nSPS) is 8.94. The van der Waals surface area contributed by atoms with E-state index in [4.69, 9.17) is 11.0 Å². The SMILES string of the molecule is N#Cc1cccc(C#Cc2csc(N)n2)c1. The standard InChI is InChI=1S/C12H7N3S/c13-7-10-3-1-2-9(6-10)4-5-11-8-16-12(14)15-11/h1-3,6,8H,(H2,14,15). The number of nitriles is 1. The van der Waals surface area contributed by atoms with Crippen LogP contribution < -0.4 is 5.73 Å². The summed E-state index contributed by atoms with van der Waals surface area (Å²) in [6, 6.07) is 9.20. The number of nitrogen functional groups attached to an aromatic ring is 1. The van der Waals surface area contributed by atoms with E-state index in [0.29, 0.717) is 16.4 Å². The molecule has 1 heterocycles. The predicted molar refractivity (Wildman–Crippen MR) is 63.7 cm³/mol. The van der Waals surface area contributed by atoms with Crippen molar-refractivity contribution in [3.8, 4) is 17.9 Å². The quantitative estimate of drug-likeness (QED) is 0.697. The lowest BCUT2D eigenvalue weighted by Gasteiger charge is -1.89. The van der Waals surface area contributed by atoms with Crippen molar-refractivity contribution < 1.29 is 0 Å². The van der Waals surface area contributed by atoms with Crippen LogP contribution in [-0.2, 0) is 0 Å². The van der Waals surface area contributed by atoms with Crippen LogP contribution >= 0.6 is 11.3 Å². The zero-order valence-electron chi connectivity index (χ0n) is 8.27. The van der Waals surface area contributed by atoms with Crippen LogP contribution in [0.3, 0.4) is 0 Å². The molecular weight excluding hydrogens is 218 g/mol. The molecule has 2 aromatic rings. The molecule has 0 radical (unpaired) electrons. The molecule has 0 aliphatic carbocycles. The van der Waals surface area contributed by atoms with Gasteiger partial charge >= 0.3 is 0 Å². The second kappa shape index (κ2) is 4.48. The van der Waals surface area contributed by atoms with Crippen LogP contribution in [0.4, 0.5) is 5.13 Å². The fourth-order valence-corrected chi connectivity index (χ4v) is 1.64. The molecule has 0 fully saturated rings. The molecule has 4 heteroatoms. The summed E-state index contributed by atoms with van der Waals surface area (Å²) in [5.74, 6) is 5.83. The highest BCUT2D eigenvalue weighted by molar-refractivity contribution is 7.13. The molecule has 16 heavy (non-hydrogen) atoms. The molecule has 0 saturated heterocycles. The third-order valence-corrected chi connectivity index (χ3v) is 2.52. The van der Waals surface area contributed by atoms with Gasteiger partial charge in [-0.25, -0.2) is 4.98 Å². The molecule has 0 atom stereocenters. The molecule has 2 N–H and O–H groups in total. The third-order valence-electron chi connectivity index (χ3n) is 1.85. The Morgan fingerprint density at radius 3 is 2.75 bits per heavy atom. The number of rotatable bonds is 0. The number of hydrogen-bond donors (Lipinski definition) is 1. The smallest absolute Gasteiger partial charge is 0.181 e. The van der Waals surface area contributed by atoms with Crippen molar-refractivity contribution in [2.45, 2.75) is 0 Å². The van der Waals surface area contributed by atoms with Gasteiger partial charge in [-0.15, -0.1) is 11.3 Å². The lowest BCUT2D eigenvalue weighted by atomic mass is 10.1. The van der Waals surface area contributed by atoms with E-state index in [2.05, 4.69) is 22.9 Å². The van der Waals surface area contributed by atoms with E-state index in [1.165, 1.54) is 11.3 Å². The Labute approximate surface area is 97.2 Å². The monoisotopic (exact) mass is 225 g/mol. The molecule has 0 amide bonds. The van der Waals surface area contributed by atoms with E-state index in [9.17, 15) is 0 Å². The molecule has 1 aromatic carbocycles. The summed E-state index contributed by atoms with van der Waals surface area (Å²) in [4.78, 5) is 4.03. The average Bonchev–Trinajstić information content (AvgIpc) is 2.73. The Bertz CT molecular complexity index is 611. The summed E-state index contributed by atoms with van der Waals surface area (Å²) in [7, 11) is 0. The van der Waals surface area contributed by atoms with Crippen molar-refractivity contribution in [3.63, 3.8) is 0 Å². The Morgan fingerprint density at radius 1 is 1.25 bits per heavy atom. The first-order valence-electron chi connectivity index (χ1n) is 4.51. The molecule has 3 nitrogen and oxygen atoms in total. The molecule has 76 valence electrons. The van der Waals surface area contributed by atoms with Gasteiger partial charge in [0.2, 0.25) is 0 Å². The fourth-order valence-electron chi connectivity index (χ4n) is 1.15. The van der Waals surface area contributed by atoms with Crippen molar-refractivity contribution >= 4 is 16.5 Å². The van der Waals surface area contributed by atoms with Gasteiger partial charge in [0.25, 0.3) is 0 Å². The third kappa shape index (κ3) is 2.38. The lowest BCUT2D eigenvalue weighted by molar-refractivity contribution is 1.38. The molecule has 0 aliphatic heterocycles. The molecule has 0 unspecified atom stereocenters. The first-order chi connectivity index (χ1) is 7.78. The number of anilines is 1. The van der Waals surface area contributed by atoms with E-state index >= 15 is 0 Å². The van der Waals surface area contributed by atoms with Crippen LogP contribution in [0.5, 0.6) is 0 Å². The summed E-state index contributed by atoms with van der Waals surface area (Å²) in [5, 5.41) is 11.0. The van der Waals surface area contributed by atoms with Crippen LogP contribution in [0.25, 0.3) is 0 Å². The lowest BCUT2D eigenvalue weighted by Crippen LogP contribution is -1.82. The van der Waals surface area contributed by atoms with Gasteiger partial charge in [0.1, 0.15) is 5.69 Å². The minimum absolute atomic E-state index is 0.509. The van der Waals surface area contributed by atoms with E-state index in [1.807, 2.05) is 6.07 Å². The van der Waals surface area contributed by atoms with Gasteiger partial charge in [-0.05, 0) is 24.1 Å². The molecule has 0 spiro atoms. The van der Waals surface area contributed by atoms with Gasteiger partial charge in [-0.2, -0.15) is 5.26 Å². The highest BCUT2D eigenvalue weighted by Gasteiger charge is 1.94. The van der Waals surface area contributed by atoms with E-state index < -0.39 is 0 Å². The summed E-state index contributed by atoms with van der Waals surface area (Å²) < 4.78 is 0. The topological polar surface area (TPSA) is 62.7 Å². The second-order valence-corrected chi connectivity index (χ2v) is 3.90. The molecule has 0 saturated carbocycles. The van der Waals surface area contributed by atoms with Gasteiger partial charge in [-0.1, -0.05) is 12.0 Å².